The van der Waals surface area contributed by atoms with Crippen molar-refractivity contribution in [1.82, 2.24) is 19.5 Å². The molecule has 0 saturated carbocycles. The van der Waals surface area contributed by atoms with Gasteiger partial charge in [-0.25, -0.2) is 0 Å². The quantitative estimate of drug-likeness (QED) is 0.660. The Morgan fingerprint density at radius 2 is 1.90 bits per heavy atom. The predicted molar refractivity (Wildman–Crippen MR) is 97.0 cm³/mol. The molecule has 0 bridgehead atoms. The number of benzene rings is 1. The first-order valence-electron chi connectivity index (χ1n) is 9.08. The molecule has 1 atom stereocenters. The van der Waals surface area contributed by atoms with Crippen molar-refractivity contribution in [2.24, 2.45) is 0 Å². The van der Waals surface area contributed by atoms with E-state index in [1.807, 2.05) is 6.07 Å². The highest BCUT2D eigenvalue weighted by Crippen LogP contribution is 2.31. The molecule has 148 valence electrons. The molecule has 3 aromatic rings. The van der Waals surface area contributed by atoms with Crippen LogP contribution in [0.2, 0.25) is 0 Å². The van der Waals surface area contributed by atoms with Gasteiger partial charge in [0, 0.05) is 30.8 Å². The van der Waals surface area contributed by atoms with Gasteiger partial charge in [-0.15, -0.1) is 10.2 Å². The second-order valence-electron chi connectivity index (χ2n) is 6.98. The van der Waals surface area contributed by atoms with Gasteiger partial charge >= 0.3 is 6.18 Å². The third kappa shape index (κ3) is 3.66. The number of halogens is 3. The lowest BCUT2D eigenvalue weighted by molar-refractivity contribution is -0.137. The third-order valence-corrected chi connectivity index (χ3v) is 5.09. The molecule has 1 aliphatic rings. The number of piperidine rings is 1. The summed E-state index contributed by atoms with van der Waals surface area (Å²) in [6, 6.07) is 10.7. The van der Waals surface area contributed by atoms with E-state index in [1.54, 1.807) is 29.2 Å². The van der Waals surface area contributed by atoms with Crippen LogP contribution in [-0.2, 0) is 6.18 Å². The highest BCUT2D eigenvalue weighted by Gasteiger charge is 2.33. The van der Waals surface area contributed by atoms with Crippen LogP contribution >= 0.6 is 0 Å². The maximum Gasteiger partial charge on any atom is 0.417 e. The summed E-state index contributed by atoms with van der Waals surface area (Å²) in [6.07, 6.45) is -2.04. The molecule has 1 saturated heterocycles. The Kier molecular flexibility index (Phi) is 4.70. The largest absolute Gasteiger partial charge is 0.417 e. The Balaban J connectivity index is 1.59. The van der Waals surface area contributed by atoms with Crippen molar-refractivity contribution < 1.29 is 18.0 Å². The maximum absolute atomic E-state index is 13.1. The van der Waals surface area contributed by atoms with Crippen LogP contribution in [-0.4, -0.2) is 38.5 Å². The fourth-order valence-corrected chi connectivity index (χ4v) is 3.60. The molecule has 2 aromatic heterocycles. The van der Waals surface area contributed by atoms with Gasteiger partial charge < -0.3 is 4.90 Å². The lowest BCUT2D eigenvalue weighted by atomic mass is 9.96. The number of carbonyl (C=O) groups is 1. The number of pyridine rings is 1. The van der Waals surface area contributed by atoms with Crippen LogP contribution in [0.15, 0.2) is 42.6 Å². The molecule has 29 heavy (non-hydrogen) atoms. The lowest BCUT2D eigenvalue weighted by Crippen LogP contribution is -2.39. The van der Waals surface area contributed by atoms with Gasteiger partial charge in [0.1, 0.15) is 5.82 Å². The van der Waals surface area contributed by atoms with Crippen molar-refractivity contribution in [3.8, 4) is 6.07 Å². The third-order valence-electron chi connectivity index (χ3n) is 5.09. The van der Waals surface area contributed by atoms with E-state index in [0.717, 1.165) is 12.3 Å². The number of aromatic nitrogens is 3. The summed E-state index contributed by atoms with van der Waals surface area (Å²) in [6.45, 7) is 0.899. The van der Waals surface area contributed by atoms with Gasteiger partial charge in [0.15, 0.2) is 5.65 Å². The van der Waals surface area contributed by atoms with Crippen molar-refractivity contribution in [1.29, 1.82) is 5.26 Å². The molecular formula is C20H16F3N5O. The van der Waals surface area contributed by atoms with Crippen LogP contribution in [0.5, 0.6) is 0 Å². The van der Waals surface area contributed by atoms with Crippen LogP contribution in [0, 0.1) is 11.3 Å². The van der Waals surface area contributed by atoms with E-state index in [1.165, 1.54) is 10.5 Å². The average Bonchev–Trinajstić information content (AvgIpc) is 3.16. The smallest absolute Gasteiger partial charge is 0.338 e. The number of hydrogen-bond acceptors (Lipinski definition) is 4. The van der Waals surface area contributed by atoms with E-state index in [9.17, 15) is 18.0 Å². The first-order valence-corrected chi connectivity index (χ1v) is 9.08. The van der Waals surface area contributed by atoms with E-state index in [2.05, 4.69) is 10.2 Å². The van der Waals surface area contributed by atoms with Gasteiger partial charge in [-0.05, 0) is 49.2 Å². The number of fused-ring (bicyclic) bond motifs is 1. The molecule has 0 spiro atoms. The molecule has 0 radical (unpaired) electrons. The summed E-state index contributed by atoms with van der Waals surface area (Å²) >= 11 is 0. The Morgan fingerprint density at radius 1 is 1.14 bits per heavy atom. The standard InChI is InChI=1S/C20H16F3N5O/c21-20(22,23)16-7-8-17-25-26-18(28(17)12-16)15-2-1-9-27(11-15)19(29)14-5-3-13(10-24)4-6-14/h3-8,12,15H,1-2,9,11H2. The fraction of sp³-hybridized carbons (Fsp3) is 0.300. The normalized spacial score (nSPS) is 17.3. The zero-order valence-corrected chi connectivity index (χ0v) is 15.2. The second kappa shape index (κ2) is 7.20. The highest BCUT2D eigenvalue weighted by atomic mass is 19.4. The molecule has 6 nitrogen and oxygen atoms in total. The minimum atomic E-state index is -4.46. The number of likely N-dealkylation sites (tertiary alicyclic amines) is 1. The SMILES string of the molecule is N#Cc1ccc(C(=O)N2CCCC(c3nnc4ccc(C(F)(F)F)cn34)C2)cc1. The van der Waals surface area contributed by atoms with Gasteiger partial charge in [0.2, 0.25) is 0 Å². The number of nitriles is 1. The monoisotopic (exact) mass is 399 g/mol. The number of amides is 1. The number of hydrogen-bond donors (Lipinski definition) is 0. The second-order valence-corrected chi connectivity index (χ2v) is 6.98. The van der Waals surface area contributed by atoms with E-state index in [4.69, 9.17) is 5.26 Å². The summed E-state index contributed by atoms with van der Waals surface area (Å²) in [5.74, 6) is 0.0250. The topological polar surface area (TPSA) is 74.3 Å². The van der Waals surface area contributed by atoms with Crippen molar-refractivity contribution in [2.45, 2.75) is 24.9 Å². The van der Waals surface area contributed by atoms with Crippen molar-refractivity contribution in [3.63, 3.8) is 0 Å². The molecular weight excluding hydrogens is 383 g/mol. The van der Waals surface area contributed by atoms with Gasteiger partial charge in [-0.2, -0.15) is 18.4 Å². The molecule has 9 heteroatoms. The van der Waals surface area contributed by atoms with Crippen LogP contribution in [0.3, 0.4) is 0 Å². The summed E-state index contributed by atoms with van der Waals surface area (Å²) in [5.41, 5.74) is 0.500. The molecule has 1 unspecified atom stereocenters. The molecule has 0 aliphatic carbocycles. The summed E-state index contributed by atoms with van der Waals surface area (Å²) in [7, 11) is 0. The van der Waals surface area contributed by atoms with E-state index >= 15 is 0 Å². The Hall–Kier alpha value is -3.41. The molecule has 1 fully saturated rings. The van der Waals surface area contributed by atoms with Crippen LogP contribution in [0.25, 0.3) is 5.65 Å². The van der Waals surface area contributed by atoms with Gasteiger partial charge in [-0.3, -0.25) is 9.20 Å². The molecule has 4 rings (SSSR count). The molecule has 1 aromatic carbocycles. The van der Waals surface area contributed by atoms with Gasteiger partial charge in [0.25, 0.3) is 5.91 Å². The predicted octanol–water partition coefficient (Wildman–Crippen LogP) is 3.64. The molecule has 0 N–H and O–H groups in total. The lowest BCUT2D eigenvalue weighted by Gasteiger charge is -2.32. The Bertz CT molecular complexity index is 1100. The zero-order chi connectivity index (χ0) is 20.6. The van der Waals surface area contributed by atoms with Crippen molar-refractivity contribution >= 4 is 11.6 Å². The minimum absolute atomic E-state index is 0.177. The fourth-order valence-electron chi connectivity index (χ4n) is 3.60. The van der Waals surface area contributed by atoms with Crippen LogP contribution in [0.1, 0.15) is 46.1 Å². The van der Waals surface area contributed by atoms with E-state index in [-0.39, 0.29) is 11.8 Å². The number of alkyl halides is 3. The van der Waals surface area contributed by atoms with E-state index < -0.39 is 11.7 Å². The Labute approximate surface area is 164 Å². The summed E-state index contributed by atoms with van der Waals surface area (Å²) in [5, 5.41) is 17.0. The number of rotatable bonds is 2. The molecule has 1 aliphatic heterocycles. The number of carbonyl (C=O) groups excluding carboxylic acids is 1. The minimum Gasteiger partial charge on any atom is -0.338 e. The molecule has 3 heterocycles. The zero-order valence-electron chi connectivity index (χ0n) is 15.2. The maximum atomic E-state index is 13.1. The van der Waals surface area contributed by atoms with Gasteiger partial charge in [0.05, 0.1) is 17.2 Å². The highest BCUT2D eigenvalue weighted by molar-refractivity contribution is 5.94. The summed E-state index contributed by atoms with van der Waals surface area (Å²) < 4.78 is 40.6. The molecule has 1 amide bonds. The first kappa shape index (κ1) is 18.9. The van der Waals surface area contributed by atoms with Gasteiger partial charge in [-0.1, -0.05) is 0 Å². The van der Waals surface area contributed by atoms with Crippen LogP contribution in [0.4, 0.5) is 13.2 Å². The number of nitrogens with zero attached hydrogens (tertiary/aromatic N) is 5. The van der Waals surface area contributed by atoms with Crippen LogP contribution < -0.4 is 0 Å². The van der Waals surface area contributed by atoms with E-state index in [0.29, 0.717) is 48.5 Å². The van der Waals surface area contributed by atoms with Crippen molar-refractivity contribution in [3.05, 3.63) is 65.1 Å². The average molecular weight is 399 g/mol. The summed E-state index contributed by atoms with van der Waals surface area (Å²) in [4.78, 5) is 14.5. The Morgan fingerprint density at radius 3 is 2.59 bits per heavy atom. The van der Waals surface area contributed by atoms with Crippen molar-refractivity contribution in [2.75, 3.05) is 13.1 Å². The first-order chi connectivity index (χ1) is 13.9.